The smallest absolute Gasteiger partial charge is 0.243 e. The van der Waals surface area contributed by atoms with Gasteiger partial charge in [0.05, 0.1) is 30.2 Å². The first-order valence-corrected chi connectivity index (χ1v) is 21.9. The van der Waals surface area contributed by atoms with E-state index < -0.39 is 89.3 Å². The number of rotatable bonds is 24. The van der Waals surface area contributed by atoms with Gasteiger partial charge in [0.2, 0.25) is 43.4 Å². The third-order valence-corrected chi connectivity index (χ3v) is 10.7. The summed E-state index contributed by atoms with van der Waals surface area (Å²) in [4.78, 5) is 33.1. The molecule has 0 saturated carbocycles. The molecule has 0 spiro atoms. The molecule has 0 aromatic heterocycles. The molecule has 4 atom stereocenters. The Labute approximate surface area is 396 Å². The highest BCUT2D eigenvalue weighted by Gasteiger charge is 2.36. The molecular formula is C49H72F8N8O3. The van der Waals surface area contributed by atoms with Crippen LogP contribution in [-0.4, -0.2) is 67.6 Å². The maximum Gasteiger partial charge on any atom is 0.243 e. The number of nitriles is 1. The first kappa shape index (κ1) is 62.8. The number of halogens is 8. The summed E-state index contributed by atoms with van der Waals surface area (Å²) in [5.41, 5.74) is 18.7. The van der Waals surface area contributed by atoms with Crippen LogP contribution in [0, 0.1) is 33.0 Å². The second-order valence-electron chi connectivity index (χ2n) is 19.2. The molecule has 0 saturated heterocycles. The molecule has 3 rings (SSSR count). The van der Waals surface area contributed by atoms with E-state index in [1.165, 1.54) is 55.4 Å². The summed E-state index contributed by atoms with van der Waals surface area (Å²) in [7, 11) is 0. The van der Waals surface area contributed by atoms with Crippen molar-refractivity contribution >= 4 is 17.7 Å². The Morgan fingerprint density at radius 3 is 0.985 bits per heavy atom. The summed E-state index contributed by atoms with van der Waals surface area (Å²) in [6.45, 7) is 12.7. The van der Waals surface area contributed by atoms with E-state index in [1.807, 2.05) is 97.1 Å². The third-order valence-electron chi connectivity index (χ3n) is 10.7. The highest BCUT2D eigenvalue weighted by molar-refractivity contribution is 5.80. The Bertz CT molecular complexity index is 1840. The number of carbonyl (C=O) groups is 3. The lowest BCUT2D eigenvalue weighted by Gasteiger charge is -2.28. The SMILES string of the molecule is CC(C)(CC(C#N)NCc1ccccc1)C(F)F.CC(C)(C[C@@H](NCc1ccccc1)C(N)=O)C(F)F.CC(C)(C[C@H](N)C(N)=O)C(F)F.CC(C)(C[C@H](NCc1ccccc1)C(N)=O)C(F)F. The molecule has 0 bridgehead atoms. The van der Waals surface area contributed by atoms with Crippen LogP contribution in [0.5, 0.6) is 0 Å². The maximum absolute atomic E-state index is 12.8. The molecule has 0 aliphatic rings. The van der Waals surface area contributed by atoms with Gasteiger partial charge in [0.25, 0.3) is 0 Å². The molecule has 0 aliphatic carbocycles. The van der Waals surface area contributed by atoms with Crippen LogP contribution in [0.1, 0.15) is 97.8 Å². The average Bonchev–Trinajstić information content (AvgIpc) is 3.26. The van der Waals surface area contributed by atoms with Gasteiger partial charge in [-0.2, -0.15) is 5.26 Å². The standard InChI is InChI=1S/2C14H20F2N2O.C14H18F2N2.C7H14F2N2O/c2*1-14(2,13(15)16)8-11(12(17)19)18-9-10-6-4-3-5-7-10;1-14(2,13(15)16)8-12(9-17)18-10-11-6-4-3-5-7-11;1-7(2,6(8)9)3-4(10)5(11)12/h2*3-7,11,13,18H,8-9H2,1-2H3,(H2,17,19);3-7,12-13,18H,8,10H2,1-2H3;4,6H,3,10H2,1-2H3,(H2,11,12)/t2*11-;;4-/m10.0/s1. The fourth-order valence-electron chi connectivity index (χ4n) is 5.82. The lowest BCUT2D eigenvalue weighted by molar-refractivity contribution is -0.122. The summed E-state index contributed by atoms with van der Waals surface area (Å²) in [5.74, 6) is -1.96. The van der Waals surface area contributed by atoms with Crippen molar-refractivity contribution < 1.29 is 49.5 Å². The summed E-state index contributed by atoms with van der Waals surface area (Å²) in [6, 6.07) is 27.4. The van der Waals surface area contributed by atoms with Crippen LogP contribution in [0.15, 0.2) is 91.0 Å². The minimum atomic E-state index is -2.50. The minimum Gasteiger partial charge on any atom is -0.368 e. The predicted molar refractivity (Wildman–Crippen MR) is 250 cm³/mol. The number of benzene rings is 3. The van der Waals surface area contributed by atoms with Crippen LogP contribution in [0.4, 0.5) is 35.1 Å². The van der Waals surface area contributed by atoms with Gasteiger partial charge in [-0.1, -0.05) is 146 Å². The number of alkyl halides is 8. The number of primary amides is 3. The number of nitrogens with zero attached hydrogens (tertiary/aromatic N) is 1. The Hall–Kier alpha value is -5.16. The van der Waals surface area contributed by atoms with Gasteiger partial charge >= 0.3 is 0 Å². The van der Waals surface area contributed by atoms with Crippen molar-refractivity contribution in [2.45, 2.75) is 151 Å². The van der Waals surface area contributed by atoms with Crippen LogP contribution >= 0.6 is 0 Å². The van der Waals surface area contributed by atoms with Crippen LogP contribution in [-0.2, 0) is 34.0 Å². The van der Waals surface area contributed by atoms with Crippen molar-refractivity contribution in [3.63, 3.8) is 0 Å². The van der Waals surface area contributed by atoms with E-state index >= 15 is 0 Å². The largest absolute Gasteiger partial charge is 0.368 e. The van der Waals surface area contributed by atoms with E-state index in [0.29, 0.717) is 19.6 Å². The van der Waals surface area contributed by atoms with Crippen molar-refractivity contribution in [3.05, 3.63) is 108 Å². The molecule has 11 nitrogen and oxygen atoms in total. The van der Waals surface area contributed by atoms with Crippen molar-refractivity contribution in [1.82, 2.24) is 16.0 Å². The van der Waals surface area contributed by atoms with E-state index in [0.717, 1.165) is 16.7 Å². The molecule has 0 fully saturated rings. The lowest BCUT2D eigenvalue weighted by Crippen LogP contribution is -2.45. The summed E-state index contributed by atoms with van der Waals surface area (Å²) in [6.07, 6.45) is -9.86. The second-order valence-corrected chi connectivity index (χ2v) is 19.2. The van der Waals surface area contributed by atoms with E-state index in [-0.39, 0.29) is 25.7 Å². The average molecular weight is 973 g/mol. The van der Waals surface area contributed by atoms with Crippen LogP contribution in [0.25, 0.3) is 0 Å². The van der Waals surface area contributed by atoms with E-state index in [4.69, 9.17) is 28.2 Å². The molecule has 0 aliphatic heterocycles. The number of nitrogens with one attached hydrogen (secondary N) is 3. The van der Waals surface area contributed by atoms with Gasteiger partial charge in [0.15, 0.2) is 0 Å². The van der Waals surface area contributed by atoms with Gasteiger partial charge in [-0.05, 0) is 42.4 Å². The fourth-order valence-corrected chi connectivity index (χ4v) is 5.82. The monoisotopic (exact) mass is 973 g/mol. The van der Waals surface area contributed by atoms with Crippen molar-refractivity contribution in [2.75, 3.05) is 0 Å². The normalized spacial score (nSPS) is 13.7. The van der Waals surface area contributed by atoms with E-state index in [1.54, 1.807) is 0 Å². The molecule has 3 amide bonds. The predicted octanol–water partition coefficient (Wildman–Crippen LogP) is 8.45. The number of amides is 3. The van der Waals surface area contributed by atoms with Gasteiger partial charge in [0.1, 0.15) is 0 Å². The Morgan fingerprint density at radius 1 is 0.471 bits per heavy atom. The number of hydrogen-bond acceptors (Lipinski definition) is 8. The topological polar surface area (TPSA) is 215 Å². The molecule has 68 heavy (non-hydrogen) atoms. The molecule has 19 heteroatoms. The third kappa shape index (κ3) is 25.8. The first-order chi connectivity index (χ1) is 31.4. The van der Waals surface area contributed by atoms with Crippen molar-refractivity contribution in [1.29, 1.82) is 5.26 Å². The zero-order chi connectivity index (χ0) is 52.5. The van der Waals surface area contributed by atoms with Crippen molar-refractivity contribution in [2.24, 2.45) is 44.6 Å². The summed E-state index contributed by atoms with van der Waals surface area (Å²) >= 11 is 0. The molecule has 1 unspecified atom stereocenters. The second kappa shape index (κ2) is 30.4. The molecular weight excluding hydrogens is 901 g/mol. The highest BCUT2D eigenvalue weighted by Crippen LogP contribution is 2.32. The summed E-state index contributed by atoms with van der Waals surface area (Å²) in [5, 5.41) is 17.9. The van der Waals surface area contributed by atoms with Gasteiger partial charge in [-0.3, -0.25) is 19.7 Å². The minimum absolute atomic E-state index is 0.00678. The molecule has 0 heterocycles. The van der Waals surface area contributed by atoms with Crippen LogP contribution in [0.3, 0.4) is 0 Å². The summed E-state index contributed by atoms with van der Waals surface area (Å²) < 4.78 is 101. The number of nitrogens with two attached hydrogens (primary N) is 4. The molecule has 3 aromatic rings. The van der Waals surface area contributed by atoms with Crippen molar-refractivity contribution in [3.8, 4) is 6.07 Å². The van der Waals surface area contributed by atoms with E-state index in [9.17, 15) is 49.5 Å². The molecule has 3 aromatic carbocycles. The zero-order valence-electron chi connectivity index (χ0n) is 40.2. The fraction of sp³-hybridized carbons (Fsp3) is 0.551. The number of carbonyl (C=O) groups excluding carboxylic acids is 3. The van der Waals surface area contributed by atoms with Crippen LogP contribution in [0.2, 0.25) is 0 Å². The Balaban J connectivity index is 0.000000892. The molecule has 382 valence electrons. The molecule has 11 N–H and O–H groups in total. The van der Waals surface area contributed by atoms with Gasteiger partial charge < -0.3 is 33.6 Å². The lowest BCUT2D eigenvalue weighted by atomic mass is 9.86. The first-order valence-electron chi connectivity index (χ1n) is 21.9. The maximum atomic E-state index is 12.8. The van der Waals surface area contributed by atoms with E-state index in [2.05, 4.69) is 16.0 Å². The highest BCUT2D eigenvalue weighted by atomic mass is 19.3. The number of hydrogen-bond donors (Lipinski definition) is 7. The zero-order valence-corrected chi connectivity index (χ0v) is 40.2. The Morgan fingerprint density at radius 2 is 0.735 bits per heavy atom. The quantitative estimate of drug-likeness (QED) is 0.0432. The van der Waals surface area contributed by atoms with Gasteiger partial charge in [-0.25, -0.2) is 35.1 Å². The molecule has 0 radical (unpaired) electrons. The van der Waals surface area contributed by atoms with Crippen LogP contribution < -0.4 is 38.9 Å². The van der Waals surface area contributed by atoms with Gasteiger partial charge in [-0.15, -0.1) is 0 Å². The Kier molecular flexibility index (Phi) is 28.1. The van der Waals surface area contributed by atoms with Gasteiger partial charge in [0, 0.05) is 41.3 Å².